The molecule has 3 aliphatic rings. The van der Waals surface area contributed by atoms with Gasteiger partial charge < -0.3 is 64.2 Å². The highest BCUT2D eigenvalue weighted by molar-refractivity contribution is 6.02. The van der Waals surface area contributed by atoms with Gasteiger partial charge in [-0.15, -0.1) is 0 Å². The van der Waals surface area contributed by atoms with Crippen LogP contribution in [0.1, 0.15) is 34.0 Å². The number of rotatable bonds is 10. The lowest BCUT2D eigenvalue weighted by Crippen LogP contribution is -2.62. The van der Waals surface area contributed by atoms with Crippen LogP contribution in [0.3, 0.4) is 0 Å². The molecule has 3 aromatic carbocycles. The van der Waals surface area contributed by atoms with E-state index < -0.39 is 92.1 Å². The zero-order chi connectivity index (χ0) is 35.6. The first-order valence-electron chi connectivity index (χ1n) is 15.7. The third-order valence-electron chi connectivity index (χ3n) is 8.59. The Balaban J connectivity index is 1.16. The summed E-state index contributed by atoms with van der Waals surface area (Å²) in [6.45, 7) is -1.96. The van der Waals surface area contributed by atoms with E-state index in [1.807, 2.05) is 6.07 Å². The summed E-state index contributed by atoms with van der Waals surface area (Å²) >= 11 is 0. The van der Waals surface area contributed by atoms with Crippen LogP contribution in [0, 0.1) is 0 Å². The zero-order valence-electron chi connectivity index (χ0n) is 26.3. The van der Waals surface area contributed by atoms with Gasteiger partial charge in [-0.05, 0) is 29.3 Å². The van der Waals surface area contributed by atoms with Crippen LogP contribution in [0.15, 0.2) is 72.8 Å². The molecule has 3 aromatic rings. The number of Topliss-reactive ketones (excluding diaryl/α,β-unsaturated/α-hetero) is 1. The number of ether oxygens (including phenoxy) is 6. The molecule has 0 bridgehead atoms. The molecule has 7 N–H and O–H groups in total. The van der Waals surface area contributed by atoms with Crippen molar-refractivity contribution < 1.29 is 73.8 Å². The average Bonchev–Trinajstić information content (AvgIpc) is 3.38. The maximum Gasteiger partial charge on any atom is 0.330 e. The lowest BCUT2D eigenvalue weighted by atomic mass is 9.95. The predicted molar refractivity (Wildman–Crippen MR) is 169 cm³/mol. The first-order chi connectivity index (χ1) is 24.0. The standard InChI is InChI=1S/C35H36O15/c36-15-26-29(41)30(42)31(50-34-32(43)35(44,17-46-34)16-45-27(40)11-6-18-4-2-1-3-5-18)33(49-26)47-21-12-22(38)28-23(39)14-24(48-25(28)13-21)19-7-9-20(37)10-8-19/h1-13,24,26,29-34,36-38,41-44H,14-17H2/b11-6+/t24-,26+,29+,30-,31+,32-,33+,34-,35+/m0/s1. The first-order valence-corrected chi connectivity index (χ1v) is 15.7. The van der Waals surface area contributed by atoms with Gasteiger partial charge in [0, 0.05) is 18.2 Å². The molecule has 0 amide bonds. The van der Waals surface area contributed by atoms with Crippen molar-refractivity contribution in [2.75, 3.05) is 19.8 Å². The second kappa shape index (κ2) is 14.7. The lowest BCUT2D eigenvalue weighted by Gasteiger charge is -2.42. The molecule has 266 valence electrons. The Morgan fingerprint density at radius 2 is 1.72 bits per heavy atom. The fraction of sp³-hybridized carbons (Fsp3) is 0.371. The molecule has 50 heavy (non-hydrogen) atoms. The molecule has 0 unspecified atom stereocenters. The molecule has 15 heteroatoms. The monoisotopic (exact) mass is 696 g/mol. The van der Waals surface area contributed by atoms with E-state index in [9.17, 15) is 45.3 Å². The third kappa shape index (κ3) is 7.45. The van der Waals surface area contributed by atoms with Gasteiger partial charge in [0.15, 0.2) is 23.8 Å². The molecular weight excluding hydrogens is 660 g/mol. The van der Waals surface area contributed by atoms with Crippen molar-refractivity contribution in [2.24, 2.45) is 0 Å². The topological polar surface area (TPSA) is 231 Å². The van der Waals surface area contributed by atoms with Crippen molar-refractivity contribution in [3.05, 3.63) is 89.5 Å². The number of ketones is 1. The van der Waals surface area contributed by atoms with E-state index >= 15 is 0 Å². The predicted octanol–water partition coefficient (Wildman–Crippen LogP) is 0.712. The molecule has 3 heterocycles. The van der Waals surface area contributed by atoms with E-state index in [0.717, 1.165) is 17.7 Å². The van der Waals surface area contributed by atoms with Crippen LogP contribution in [0.5, 0.6) is 23.0 Å². The molecule has 2 fully saturated rings. The number of hydrogen-bond acceptors (Lipinski definition) is 15. The summed E-state index contributed by atoms with van der Waals surface area (Å²) in [5.74, 6) is -1.83. The number of hydrogen-bond donors (Lipinski definition) is 7. The molecule has 0 radical (unpaired) electrons. The van der Waals surface area contributed by atoms with E-state index in [1.165, 1.54) is 24.3 Å². The van der Waals surface area contributed by atoms with E-state index in [4.69, 9.17) is 28.4 Å². The Labute approximate surface area is 285 Å². The van der Waals surface area contributed by atoms with Crippen LogP contribution in [0.4, 0.5) is 0 Å². The van der Waals surface area contributed by atoms with Gasteiger partial charge in [-0.1, -0.05) is 42.5 Å². The molecule has 6 rings (SSSR count). The number of phenols is 2. The first kappa shape index (κ1) is 35.3. The fourth-order valence-electron chi connectivity index (χ4n) is 5.81. The van der Waals surface area contributed by atoms with Crippen LogP contribution < -0.4 is 9.47 Å². The fourth-order valence-corrected chi connectivity index (χ4v) is 5.81. The summed E-state index contributed by atoms with van der Waals surface area (Å²) in [4.78, 5) is 25.2. The molecule has 3 aliphatic heterocycles. The number of aromatic hydroxyl groups is 2. The second-order valence-corrected chi connectivity index (χ2v) is 12.1. The van der Waals surface area contributed by atoms with Gasteiger partial charge in [0.2, 0.25) is 6.29 Å². The number of benzene rings is 3. The molecule has 15 nitrogen and oxygen atoms in total. The van der Waals surface area contributed by atoms with Crippen molar-refractivity contribution in [3.63, 3.8) is 0 Å². The van der Waals surface area contributed by atoms with Gasteiger partial charge in [0.25, 0.3) is 0 Å². The maximum atomic E-state index is 13.0. The quantitative estimate of drug-likeness (QED) is 0.114. The smallest absolute Gasteiger partial charge is 0.330 e. The number of aliphatic hydroxyl groups excluding tert-OH is 4. The largest absolute Gasteiger partial charge is 0.508 e. The number of esters is 1. The highest BCUT2D eigenvalue weighted by atomic mass is 16.8. The van der Waals surface area contributed by atoms with Crippen LogP contribution in [0.2, 0.25) is 0 Å². The minimum absolute atomic E-state index is 0.0259. The lowest BCUT2D eigenvalue weighted by molar-refractivity contribution is -0.318. The zero-order valence-corrected chi connectivity index (χ0v) is 26.3. The van der Waals surface area contributed by atoms with Crippen LogP contribution in [-0.2, 0) is 23.7 Å². The average molecular weight is 697 g/mol. The van der Waals surface area contributed by atoms with Crippen LogP contribution in [-0.4, -0.2) is 116 Å². The Kier molecular flexibility index (Phi) is 10.4. The van der Waals surface area contributed by atoms with Gasteiger partial charge >= 0.3 is 5.97 Å². The van der Waals surface area contributed by atoms with Crippen molar-refractivity contribution in [1.29, 1.82) is 0 Å². The Bertz CT molecular complexity index is 1700. The molecule has 2 saturated heterocycles. The Morgan fingerprint density at radius 1 is 0.980 bits per heavy atom. The van der Waals surface area contributed by atoms with E-state index in [1.54, 1.807) is 36.4 Å². The highest BCUT2D eigenvalue weighted by Crippen LogP contribution is 2.43. The molecule has 0 spiro atoms. The number of fused-ring (bicyclic) bond motifs is 1. The van der Waals surface area contributed by atoms with Gasteiger partial charge in [0.1, 0.15) is 65.7 Å². The molecule has 0 saturated carbocycles. The summed E-state index contributed by atoms with van der Waals surface area (Å²) in [7, 11) is 0. The number of phenolic OH excluding ortho intramolecular Hbond substituents is 2. The normalized spacial score (nSPS) is 30.9. The van der Waals surface area contributed by atoms with Crippen molar-refractivity contribution in [1.82, 2.24) is 0 Å². The molecule has 0 aromatic heterocycles. The van der Waals surface area contributed by atoms with Gasteiger partial charge in [-0.25, -0.2) is 4.79 Å². The molecular formula is C35H36O15. The highest BCUT2D eigenvalue weighted by Gasteiger charge is 2.54. The van der Waals surface area contributed by atoms with Gasteiger partial charge in [-0.2, -0.15) is 0 Å². The summed E-state index contributed by atoms with van der Waals surface area (Å²) in [6, 6.07) is 17.4. The number of carbonyl (C=O) groups is 2. The van der Waals surface area contributed by atoms with Crippen LogP contribution in [0.25, 0.3) is 6.08 Å². The third-order valence-corrected chi connectivity index (χ3v) is 8.59. The van der Waals surface area contributed by atoms with Crippen molar-refractivity contribution in [3.8, 4) is 23.0 Å². The number of aliphatic hydroxyl groups is 5. The van der Waals surface area contributed by atoms with Crippen LogP contribution >= 0.6 is 0 Å². The van der Waals surface area contributed by atoms with Crippen molar-refractivity contribution >= 4 is 17.8 Å². The minimum atomic E-state index is -2.12. The van der Waals surface area contributed by atoms with E-state index in [0.29, 0.717) is 5.56 Å². The summed E-state index contributed by atoms with van der Waals surface area (Å²) in [5.41, 5.74) is -0.882. The van der Waals surface area contributed by atoms with Gasteiger partial charge in [-0.3, -0.25) is 4.79 Å². The van der Waals surface area contributed by atoms with E-state index in [2.05, 4.69) is 0 Å². The summed E-state index contributed by atoms with van der Waals surface area (Å²) < 4.78 is 33.9. The number of carbonyl (C=O) groups excluding carboxylic acids is 2. The van der Waals surface area contributed by atoms with Gasteiger partial charge in [0.05, 0.1) is 19.6 Å². The molecule has 9 atom stereocenters. The van der Waals surface area contributed by atoms with E-state index in [-0.39, 0.29) is 29.2 Å². The SMILES string of the molecule is O=C(/C=C/c1ccccc1)OC[C@@]1(O)CO[C@@H](O[C@H]2[C@H](Oc3cc(O)c4c(c3)O[C@H](c3ccc(O)cc3)CC4=O)O[C@H](CO)[C@@H](O)[C@@H]2O)[C@@H]1O. The summed E-state index contributed by atoms with van der Waals surface area (Å²) in [6.07, 6.45) is -9.73. The maximum absolute atomic E-state index is 13.0. The Morgan fingerprint density at radius 3 is 2.44 bits per heavy atom. The minimum Gasteiger partial charge on any atom is -0.508 e. The molecule has 0 aliphatic carbocycles. The Hall–Kier alpha value is -4.58. The summed E-state index contributed by atoms with van der Waals surface area (Å²) in [5, 5.41) is 73.7. The second-order valence-electron chi connectivity index (χ2n) is 12.1. The van der Waals surface area contributed by atoms with Crippen molar-refractivity contribution in [2.45, 2.75) is 61.2 Å².